The van der Waals surface area contributed by atoms with Gasteiger partial charge in [0.1, 0.15) is 6.10 Å². The van der Waals surface area contributed by atoms with Gasteiger partial charge >= 0.3 is 17.9 Å². The smallest absolute Gasteiger partial charge is 0.340 e. The Morgan fingerprint density at radius 2 is 1.14 bits per heavy atom. The van der Waals surface area contributed by atoms with E-state index in [0.717, 1.165) is 0 Å². The second-order valence-corrected chi connectivity index (χ2v) is 8.32. The Morgan fingerprint density at radius 3 is 1.60 bits per heavy atom. The second kappa shape index (κ2) is 10.5. The molecule has 7 nitrogen and oxygen atoms in total. The van der Waals surface area contributed by atoms with Crippen molar-refractivity contribution in [2.75, 3.05) is 0 Å². The van der Waals surface area contributed by atoms with Crippen molar-refractivity contribution in [2.45, 2.75) is 44.4 Å². The van der Waals surface area contributed by atoms with Gasteiger partial charge in [-0.2, -0.15) is 0 Å². The van der Waals surface area contributed by atoms with Crippen LogP contribution in [0.4, 0.5) is 0 Å². The average Bonchev–Trinajstić information content (AvgIpc) is 3.15. The largest absolute Gasteiger partial charge is 0.451 e. The highest BCUT2D eigenvalue weighted by atomic mass is 16.8. The van der Waals surface area contributed by atoms with Crippen LogP contribution in [0.3, 0.4) is 0 Å². The molecule has 1 saturated heterocycles. The topological polar surface area (TPSA) is 88.1 Å². The molecule has 4 atom stereocenters. The first-order valence-corrected chi connectivity index (χ1v) is 11.4. The molecule has 1 heterocycles. The summed E-state index contributed by atoms with van der Waals surface area (Å²) < 4.78 is 23.4. The lowest BCUT2D eigenvalue weighted by Gasteiger charge is -2.33. The van der Waals surface area contributed by atoms with E-state index in [1.165, 1.54) is 0 Å². The van der Waals surface area contributed by atoms with E-state index in [1.54, 1.807) is 97.9 Å². The van der Waals surface area contributed by atoms with Crippen LogP contribution in [0.1, 0.15) is 51.3 Å². The number of carbonyl (C=O) groups is 3. The van der Waals surface area contributed by atoms with Gasteiger partial charge in [0.15, 0.2) is 6.10 Å². The standard InChI is InChI=1S/C28H26O7/c1-3-22-23(33-24(29)19-13-7-4-8-14-19)28(2,35-26(31)21-17-11-6-12-18-21)27(32-22)34-25(30)20-15-9-5-10-16-20/h4-18,22-23,27H,3H2,1-2H3/t22-,23?,27+,28-/m1/s1. The van der Waals surface area contributed by atoms with Crippen LogP contribution in [-0.2, 0) is 18.9 Å². The predicted octanol–water partition coefficient (Wildman–Crippen LogP) is 4.82. The number of hydrogen-bond donors (Lipinski definition) is 0. The molecule has 0 spiro atoms. The Labute approximate surface area is 203 Å². The van der Waals surface area contributed by atoms with Crippen molar-refractivity contribution in [3.8, 4) is 0 Å². The molecule has 0 aliphatic carbocycles. The summed E-state index contributed by atoms with van der Waals surface area (Å²) in [5, 5.41) is 0. The minimum Gasteiger partial charge on any atom is -0.451 e. The Kier molecular flexibility index (Phi) is 7.27. The Hall–Kier alpha value is -3.97. The normalized spacial score (nSPS) is 23.3. The molecule has 0 saturated carbocycles. The summed E-state index contributed by atoms with van der Waals surface area (Å²) in [6, 6.07) is 25.3. The third kappa shape index (κ3) is 5.25. The summed E-state index contributed by atoms with van der Waals surface area (Å²) in [4.78, 5) is 38.8. The monoisotopic (exact) mass is 474 g/mol. The molecule has 0 radical (unpaired) electrons. The van der Waals surface area contributed by atoms with E-state index < -0.39 is 42.0 Å². The zero-order valence-electron chi connectivity index (χ0n) is 19.5. The highest BCUT2D eigenvalue weighted by Gasteiger charge is 2.60. The third-order valence-corrected chi connectivity index (χ3v) is 5.86. The minimum atomic E-state index is -1.61. The molecule has 0 amide bonds. The maximum atomic E-state index is 13.0. The summed E-state index contributed by atoms with van der Waals surface area (Å²) >= 11 is 0. The average molecular weight is 475 g/mol. The lowest BCUT2D eigenvalue weighted by atomic mass is 9.95. The van der Waals surface area contributed by atoms with Crippen LogP contribution in [0.5, 0.6) is 0 Å². The van der Waals surface area contributed by atoms with Gasteiger partial charge in [0, 0.05) is 0 Å². The van der Waals surface area contributed by atoms with E-state index in [2.05, 4.69) is 0 Å². The van der Waals surface area contributed by atoms with E-state index >= 15 is 0 Å². The molecular weight excluding hydrogens is 448 g/mol. The molecule has 0 aromatic heterocycles. The molecule has 4 rings (SSSR count). The molecule has 1 aliphatic rings. The van der Waals surface area contributed by atoms with Crippen molar-refractivity contribution < 1.29 is 33.3 Å². The van der Waals surface area contributed by atoms with Gasteiger partial charge in [0.25, 0.3) is 0 Å². The lowest BCUT2D eigenvalue weighted by Crippen LogP contribution is -2.52. The fourth-order valence-corrected chi connectivity index (χ4v) is 3.95. The van der Waals surface area contributed by atoms with Crippen molar-refractivity contribution >= 4 is 17.9 Å². The fourth-order valence-electron chi connectivity index (χ4n) is 3.95. The highest BCUT2D eigenvalue weighted by molar-refractivity contribution is 5.91. The quantitative estimate of drug-likeness (QED) is 0.358. The first-order valence-electron chi connectivity index (χ1n) is 11.4. The van der Waals surface area contributed by atoms with Gasteiger partial charge in [-0.05, 0) is 49.7 Å². The summed E-state index contributed by atoms with van der Waals surface area (Å²) in [5.74, 6) is -1.91. The van der Waals surface area contributed by atoms with Gasteiger partial charge in [0.05, 0.1) is 16.7 Å². The predicted molar refractivity (Wildman–Crippen MR) is 127 cm³/mol. The van der Waals surface area contributed by atoms with Gasteiger partial charge < -0.3 is 18.9 Å². The molecule has 180 valence electrons. The maximum Gasteiger partial charge on any atom is 0.340 e. The van der Waals surface area contributed by atoms with Crippen molar-refractivity contribution in [1.29, 1.82) is 0 Å². The van der Waals surface area contributed by atoms with Gasteiger partial charge in [0.2, 0.25) is 11.9 Å². The molecule has 35 heavy (non-hydrogen) atoms. The van der Waals surface area contributed by atoms with Crippen LogP contribution in [0.25, 0.3) is 0 Å². The Morgan fingerprint density at radius 1 is 0.714 bits per heavy atom. The summed E-state index contributed by atoms with van der Waals surface area (Å²) in [6.07, 6.45) is -2.59. The SMILES string of the molecule is CC[C@H]1O[C@@H](OC(=O)c2ccccc2)[C@](C)(OC(=O)c2ccccc2)C1OC(=O)c1ccccc1. The first kappa shape index (κ1) is 24.2. The number of carbonyl (C=O) groups excluding carboxylic acids is 3. The molecule has 1 aliphatic heterocycles. The zero-order valence-corrected chi connectivity index (χ0v) is 19.5. The van der Waals surface area contributed by atoms with Crippen LogP contribution in [0, 0.1) is 0 Å². The van der Waals surface area contributed by atoms with Gasteiger partial charge in [-0.15, -0.1) is 0 Å². The van der Waals surface area contributed by atoms with Crippen LogP contribution in [0.2, 0.25) is 0 Å². The molecule has 0 bridgehead atoms. The molecule has 0 N–H and O–H groups in total. The summed E-state index contributed by atoms with van der Waals surface area (Å²) in [5.41, 5.74) is -0.660. The van der Waals surface area contributed by atoms with Crippen molar-refractivity contribution in [3.63, 3.8) is 0 Å². The molecule has 1 fully saturated rings. The molecular formula is C28H26O7. The van der Waals surface area contributed by atoms with E-state index in [4.69, 9.17) is 18.9 Å². The molecule has 7 heteroatoms. The number of esters is 3. The maximum absolute atomic E-state index is 13.0. The van der Waals surface area contributed by atoms with Crippen LogP contribution in [-0.4, -0.2) is 42.0 Å². The third-order valence-electron chi connectivity index (χ3n) is 5.86. The minimum absolute atomic E-state index is 0.301. The van der Waals surface area contributed by atoms with Gasteiger partial charge in [-0.25, -0.2) is 14.4 Å². The van der Waals surface area contributed by atoms with Crippen LogP contribution < -0.4 is 0 Å². The Bertz CT molecular complexity index is 1160. The van der Waals surface area contributed by atoms with E-state index in [9.17, 15) is 14.4 Å². The first-order chi connectivity index (χ1) is 16.9. The second-order valence-electron chi connectivity index (χ2n) is 8.32. The summed E-state index contributed by atoms with van der Waals surface area (Å²) in [6.45, 7) is 3.39. The number of ether oxygens (including phenoxy) is 4. The molecule has 3 aromatic rings. The van der Waals surface area contributed by atoms with Gasteiger partial charge in [-0.1, -0.05) is 61.5 Å². The Balaban J connectivity index is 1.65. The highest BCUT2D eigenvalue weighted by Crippen LogP contribution is 2.40. The number of hydrogen-bond acceptors (Lipinski definition) is 7. The molecule has 3 aromatic carbocycles. The van der Waals surface area contributed by atoms with Crippen LogP contribution >= 0.6 is 0 Å². The lowest BCUT2D eigenvalue weighted by molar-refractivity contribution is -0.173. The zero-order chi connectivity index (χ0) is 24.8. The molecule has 1 unspecified atom stereocenters. The summed E-state index contributed by atoms with van der Waals surface area (Å²) in [7, 11) is 0. The van der Waals surface area contributed by atoms with Crippen molar-refractivity contribution in [3.05, 3.63) is 108 Å². The van der Waals surface area contributed by atoms with E-state index in [1.807, 2.05) is 6.92 Å². The van der Waals surface area contributed by atoms with Crippen LogP contribution in [0.15, 0.2) is 91.0 Å². The van der Waals surface area contributed by atoms with E-state index in [-0.39, 0.29) is 0 Å². The van der Waals surface area contributed by atoms with Crippen molar-refractivity contribution in [1.82, 2.24) is 0 Å². The number of benzene rings is 3. The van der Waals surface area contributed by atoms with Gasteiger partial charge in [-0.3, -0.25) is 0 Å². The number of rotatable bonds is 7. The van der Waals surface area contributed by atoms with Crippen molar-refractivity contribution in [2.24, 2.45) is 0 Å². The van der Waals surface area contributed by atoms with E-state index in [0.29, 0.717) is 23.1 Å². The fraction of sp³-hybridized carbons (Fsp3) is 0.250.